The minimum absolute atomic E-state index is 0.0637. The lowest BCUT2D eigenvalue weighted by molar-refractivity contribution is -0.116. The lowest BCUT2D eigenvalue weighted by Crippen LogP contribution is -2.45. The maximum atomic E-state index is 11.4. The van der Waals surface area contributed by atoms with E-state index in [1.807, 2.05) is 24.3 Å². The summed E-state index contributed by atoms with van der Waals surface area (Å²) in [4.78, 5) is 16.2. The van der Waals surface area contributed by atoms with Crippen LogP contribution in [0.4, 0.5) is 5.69 Å². The second-order valence-electron chi connectivity index (χ2n) is 5.60. The predicted octanol–water partition coefficient (Wildman–Crippen LogP) is 0.600. The number of nitrogens with zero attached hydrogens (tertiary/aromatic N) is 2. The number of likely N-dealkylation sites (N-methyl/N-ethyl adjacent to an activating group) is 1. The number of amides is 1. The number of benzene rings is 1. The summed E-state index contributed by atoms with van der Waals surface area (Å²) in [7, 11) is 2.15. The molecule has 1 saturated heterocycles. The molecule has 1 fully saturated rings. The summed E-state index contributed by atoms with van der Waals surface area (Å²) in [6.07, 6.45) is 0.337. The van der Waals surface area contributed by atoms with Crippen LogP contribution in [0.2, 0.25) is 0 Å². The van der Waals surface area contributed by atoms with Gasteiger partial charge in [-0.15, -0.1) is 0 Å². The number of anilines is 1. The molecular formula is C16H26N4O2. The second kappa shape index (κ2) is 8.73. The highest BCUT2D eigenvalue weighted by atomic mass is 16.5. The monoisotopic (exact) mass is 306 g/mol. The smallest absolute Gasteiger partial charge is 0.225 e. The van der Waals surface area contributed by atoms with Crippen LogP contribution >= 0.6 is 0 Å². The van der Waals surface area contributed by atoms with Crippen LogP contribution in [0.1, 0.15) is 6.42 Å². The van der Waals surface area contributed by atoms with Crippen molar-refractivity contribution in [1.29, 1.82) is 0 Å². The summed E-state index contributed by atoms with van der Waals surface area (Å²) in [6.45, 7) is 6.44. The van der Waals surface area contributed by atoms with Gasteiger partial charge in [0.05, 0.1) is 0 Å². The zero-order chi connectivity index (χ0) is 15.8. The van der Waals surface area contributed by atoms with Crippen LogP contribution in [0.5, 0.6) is 5.75 Å². The number of nitrogens with two attached hydrogens (primary N) is 1. The van der Waals surface area contributed by atoms with Crippen molar-refractivity contribution in [3.63, 3.8) is 0 Å². The topological polar surface area (TPSA) is 70.8 Å². The van der Waals surface area contributed by atoms with Crippen LogP contribution in [0.3, 0.4) is 0 Å². The van der Waals surface area contributed by atoms with Gasteiger partial charge in [-0.25, -0.2) is 0 Å². The standard InChI is InChI=1S/C16H26N4O2/c1-19-8-10-20(11-9-19)12-13-22-15-4-2-14(3-5-15)18-16(21)6-7-17/h2-5H,6-13,17H2,1H3,(H,18,21). The molecule has 1 amide bonds. The number of rotatable bonds is 7. The Morgan fingerprint density at radius 3 is 2.55 bits per heavy atom. The molecule has 22 heavy (non-hydrogen) atoms. The highest BCUT2D eigenvalue weighted by molar-refractivity contribution is 5.90. The number of carbonyl (C=O) groups is 1. The van der Waals surface area contributed by atoms with Gasteiger partial charge in [-0.2, -0.15) is 0 Å². The zero-order valence-corrected chi connectivity index (χ0v) is 13.3. The summed E-state index contributed by atoms with van der Waals surface area (Å²) in [5.41, 5.74) is 6.11. The van der Waals surface area contributed by atoms with Gasteiger partial charge in [0.1, 0.15) is 12.4 Å². The molecule has 0 aliphatic carbocycles. The van der Waals surface area contributed by atoms with E-state index in [9.17, 15) is 4.79 Å². The molecule has 0 saturated carbocycles. The molecule has 0 unspecified atom stereocenters. The zero-order valence-electron chi connectivity index (χ0n) is 13.3. The van der Waals surface area contributed by atoms with Gasteiger partial charge in [-0.3, -0.25) is 9.69 Å². The minimum Gasteiger partial charge on any atom is -0.492 e. The normalized spacial score (nSPS) is 16.5. The van der Waals surface area contributed by atoms with E-state index in [1.165, 1.54) is 0 Å². The molecule has 6 nitrogen and oxygen atoms in total. The van der Waals surface area contributed by atoms with E-state index in [2.05, 4.69) is 22.2 Å². The van der Waals surface area contributed by atoms with Crippen molar-refractivity contribution in [1.82, 2.24) is 9.80 Å². The van der Waals surface area contributed by atoms with Crippen molar-refractivity contribution in [2.45, 2.75) is 6.42 Å². The van der Waals surface area contributed by atoms with E-state index in [0.29, 0.717) is 19.6 Å². The molecular weight excluding hydrogens is 280 g/mol. The van der Waals surface area contributed by atoms with Crippen LogP contribution in [0, 0.1) is 0 Å². The molecule has 1 heterocycles. The molecule has 2 rings (SSSR count). The van der Waals surface area contributed by atoms with Gasteiger partial charge < -0.3 is 20.7 Å². The first kappa shape index (κ1) is 16.7. The van der Waals surface area contributed by atoms with Crippen molar-refractivity contribution in [3.05, 3.63) is 24.3 Å². The highest BCUT2D eigenvalue weighted by Gasteiger charge is 2.13. The van der Waals surface area contributed by atoms with Crippen LogP contribution in [0.25, 0.3) is 0 Å². The van der Waals surface area contributed by atoms with Crippen LogP contribution < -0.4 is 15.8 Å². The Kier molecular flexibility index (Phi) is 6.64. The maximum Gasteiger partial charge on any atom is 0.225 e. The lowest BCUT2D eigenvalue weighted by atomic mass is 10.3. The van der Waals surface area contributed by atoms with E-state index in [4.69, 9.17) is 10.5 Å². The van der Waals surface area contributed by atoms with Crippen LogP contribution in [-0.4, -0.2) is 68.6 Å². The van der Waals surface area contributed by atoms with Crippen molar-refractivity contribution in [2.24, 2.45) is 5.73 Å². The molecule has 3 N–H and O–H groups in total. The van der Waals surface area contributed by atoms with Crippen LogP contribution in [-0.2, 0) is 4.79 Å². The number of hydrogen-bond acceptors (Lipinski definition) is 5. The first-order valence-corrected chi connectivity index (χ1v) is 7.81. The molecule has 0 atom stereocenters. The van der Waals surface area contributed by atoms with Crippen molar-refractivity contribution >= 4 is 11.6 Å². The largest absolute Gasteiger partial charge is 0.492 e. The Bertz CT molecular complexity index is 456. The first-order valence-electron chi connectivity index (χ1n) is 7.81. The molecule has 1 aromatic rings. The number of hydrogen-bond donors (Lipinski definition) is 2. The average molecular weight is 306 g/mol. The third-order valence-corrected chi connectivity index (χ3v) is 3.78. The quantitative estimate of drug-likeness (QED) is 0.772. The second-order valence-corrected chi connectivity index (χ2v) is 5.60. The Labute approximate surface area is 132 Å². The van der Waals surface area contributed by atoms with Crippen LogP contribution in [0.15, 0.2) is 24.3 Å². The van der Waals surface area contributed by atoms with E-state index >= 15 is 0 Å². The van der Waals surface area contributed by atoms with Gasteiger partial charge in [-0.1, -0.05) is 0 Å². The predicted molar refractivity (Wildman–Crippen MR) is 88.2 cm³/mol. The number of piperazine rings is 1. The third kappa shape index (κ3) is 5.63. The van der Waals surface area contributed by atoms with Crippen molar-refractivity contribution < 1.29 is 9.53 Å². The van der Waals surface area contributed by atoms with Gasteiger partial charge in [0.2, 0.25) is 5.91 Å². The number of ether oxygens (including phenoxy) is 1. The molecule has 1 aromatic carbocycles. The average Bonchev–Trinajstić information content (AvgIpc) is 2.51. The number of nitrogens with one attached hydrogen (secondary N) is 1. The summed E-state index contributed by atoms with van der Waals surface area (Å²) in [6, 6.07) is 7.45. The molecule has 122 valence electrons. The van der Waals surface area contributed by atoms with Gasteiger partial charge in [-0.05, 0) is 31.3 Å². The Morgan fingerprint density at radius 1 is 1.23 bits per heavy atom. The van der Waals surface area contributed by atoms with Gasteiger partial charge >= 0.3 is 0 Å². The van der Waals surface area contributed by atoms with E-state index in [-0.39, 0.29) is 5.91 Å². The minimum atomic E-state index is -0.0637. The van der Waals surface area contributed by atoms with Crippen molar-refractivity contribution in [3.8, 4) is 5.75 Å². The maximum absolute atomic E-state index is 11.4. The van der Waals surface area contributed by atoms with Gasteiger partial charge in [0.15, 0.2) is 0 Å². The highest BCUT2D eigenvalue weighted by Crippen LogP contribution is 2.15. The summed E-state index contributed by atoms with van der Waals surface area (Å²) < 4.78 is 5.76. The fraction of sp³-hybridized carbons (Fsp3) is 0.562. The summed E-state index contributed by atoms with van der Waals surface area (Å²) in [5.74, 6) is 0.761. The Hall–Kier alpha value is -1.63. The SMILES string of the molecule is CN1CCN(CCOc2ccc(NC(=O)CCN)cc2)CC1. The van der Waals surface area contributed by atoms with Gasteiger partial charge in [0, 0.05) is 51.4 Å². The fourth-order valence-electron chi connectivity index (χ4n) is 2.35. The molecule has 0 bridgehead atoms. The van der Waals surface area contributed by atoms with E-state index in [0.717, 1.165) is 44.2 Å². The molecule has 1 aliphatic rings. The molecule has 1 aliphatic heterocycles. The Morgan fingerprint density at radius 2 is 1.91 bits per heavy atom. The first-order chi connectivity index (χ1) is 10.7. The van der Waals surface area contributed by atoms with E-state index in [1.54, 1.807) is 0 Å². The third-order valence-electron chi connectivity index (χ3n) is 3.78. The molecule has 0 radical (unpaired) electrons. The molecule has 0 spiro atoms. The lowest BCUT2D eigenvalue weighted by Gasteiger charge is -2.32. The van der Waals surface area contributed by atoms with Crippen molar-refractivity contribution in [2.75, 3.05) is 58.2 Å². The summed E-state index contributed by atoms with van der Waals surface area (Å²) >= 11 is 0. The van der Waals surface area contributed by atoms with Gasteiger partial charge in [0.25, 0.3) is 0 Å². The fourth-order valence-corrected chi connectivity index (χ4v) is 2.35. The summed E-state index contributed by atoms with van der Waals surface area (Å²) in [5, 5.41) is 2.79. The molecule has 6 heteroatoms. The Balaban J connectivity index is 1.69. The molecule has 0 aromatic heterocycles. The van der Waals surface area contributed by atoms with E-state index < -0.39 is 0 Å². The number of carbonyl (C=O) groups excluding carboxylic acids is 1.